The molecule has 3 nitrogen and oxygen atoms in total. The monoisotopic (exact) mass is 239 g/mol. The minimum atomic E-state index is -0.575. The first-order valence-electron chi connectivity index (χ1n) is 5.94. The summed E-state index contributed by atoms with van der Waals surface area (Å²) in [5.74, 6) is -0.0932. The molecule has 3 N–H and O–H groups in total. The molecule has 1 aliphatic rings. The number of aliphatic hydroxyl groups excluding tert-OH is 1. The van der Waals surface area contributed by atoms with Gasteiger partial charge in [0.15, 0.2) is 11.6 Å². The molecule has 0 bridgehead atoms. The van der Waals surface area contributed by atoms with Gasteiger partial charge in [0.25, 0.3) is 0 Å². The van der Waals surface area contributed by atoms with E-state index in [4.69, 9.17) is 10.5 Å². The lowest BCUT2D eigenvalue weighted by Crippen LogP contribution is -2.50. The SMILES string of the molecule is NC1(CO)CCCC(Oc2ccccc2F)C1. The molecule has 94 valence electrons. The number of halogens is 1. The fraction of sp³-hybridized carbons (Fsp3) is 0.538. The molecule has 1 aromatic carbocycles. The smallest absolute Gasteiger partial charge is 0.165 e. The summed E-state index contributed by atoms with van der Waals surface area (Å²) >= 11 is 0. The van der Waals surface area contributed by atoms with Crippen molar-refractivity contribution in [3.63, 3.8) is 0 Å². The highest BCUT2D eigenvalue weighted by atomic mass is 19.1. The van der Waals surface area contributed by atoms with Crippen LogP contribution in [0.25, 0.3) is 0 Å². The number of para-hydroxylation sites is 1. The van der Waals surface area contributed by atoms with Crippen molar-refractivity contribution in [2.45, 2.75) is 37.3 Å². The summed E-state index contributed by atoms with van der Waals surface area (Å²) in [5.41, 5.74) is 5.44. The Bertz CT molecular complexity index is 385. The molecule has 1 saturated carbocycles. The Hall–Kier alpha value is -1.13. The van der Waals surface area contributed by atoms with Gasteiger partial charge in [-0.25, -0.2) is 4.39 Å². The van der Waals surface area contributed by atoms with Crippen LogP contribution in [0.15, 0.2) is 24.3 Å². The Labute approximate surface area is 100 Å². The van der Waals surface area contributed by atoms with Gasteiger partial charge in [0.2, 0.25) is 0 Å². The van der Waals surface area contributed by atoms with Crippen LogP contribution in [0.1, 0.15) is 25.7 Å². The molecular formula is C13H18FNO2. The third-order valence-electron chi connectivity index (χ3n) is 3.28. The van der Waals surface area contributed by atoms with Crippen molar-refractivity contribution in [1.29, 1.82) is 0 Å². The van der Waals surface area contributed by atoms with E-state index in [1.54, 1.807) is 18.2 Å². The Morgan fingerprint density at radius 1 is 1.47 bits per heavy atom. The van der Waals surface area contributed by atoms with Crippen LogP contribution in [0.2, 0.25) is 0 Å². The van der Waals surface area contributed by atoms with E-state index < -0.39 is 5.54 Å². The van der Waals surface area contributed by atoms with Crippen LogP contribution in [-0.4, -0.2) is 23.4 Å². The van der Waals surface area contributed by atoms with Crippen LogP contribution < -0.4 is 10.5 Å². The highest BCUT2D eigenvalue weighted by Gasteiger charge is 2.33. The van der Waals surface area contributed by atoms with Gasteiger partial charge in [-0.15, -0.1) is 0 Å². The van der Waals surface area contributed by atoms with Crippen LogP contribution in [0.5, 0.6) is 5.75 Å². The average molecular weight is 239 g/mol. The molecule has 2 unspecified atom stereocenters. The summed E-state index contributed by atoms with van der Waals surface area (Å²) in [5, 5.41) is 9.23. The van der Waals surface area contributed by atoms with Gasteiger partial charge in [0, 0.05) is 12.0 Å². The van der Waals surface area contributed by atoms with E-state index >= 15 is 0 Å². The molecule has 0 spiro atoms. The summed E-state index contributed by atoms with van der Waals surface area (Å²) in [6, 6.07) is 6.36. The lowest BCUT2D eigenvalue weighted by atomic mass is 9.81. The maximum atomic E-state index is 13.4. The highest BCUT2D eigenvalue weighted by molar-refractivity contribution is 5.24. The second kappa shape index (κ2) is 5.02. The number of rotatable bonds is 3. The maximum absolute atomic E-state index is 13.4. The van der Waals surface area contributed by atoms with Crippen molar-refractivity contribution in [2.75, 3.05) is 6.61 Å². The summed E-state index contributed by atoms with van der Waals surface area (Å²) < 4.78 is 19.0. The van der Waals surface area contributed by atoms with Gasteiger partial charge >= 0.3 is 0 Å². The molecule has 2 rings (SSSR count). The third-order valence-corrected chi connectivity index (χ3v) is 3.28. The van der Waals surface area contributed by atoms with Gasteiger partial charge in [-0.05, 0) is 31.4 Å². The molecule has 1 fully saturated rings. The van der Waals surface area contributed by atoms with E-state index in [-0.39, 0.29) is 24.3 Å². The third kappa shape index (κ3) is 2.96. The van der Waals surface area contributed by atoms with E-state index in [9.17, 15) is 9.50 Å². The summed E-state index contributed by atoms with van der Waals surface area (Å²) in [6.07, 6.45) is 3.00. The molecule has 2 atom stereocenters. The molecule has 0 aliphatic heterocycles. The number of nitrogens with two attached hydrogens (primary N) is 1. The number of ether oxygens (including phenoxy) is 1. The molecule has 0 aromatic heterocycles. The topological polar surface area (TPSA) is 55.5 Å². The van der Waals surface area contributed by atoms with Gasteiger partial charge in [-0.1, -0.05) is 12.1 Å². The molecule has 0 radical (unpaired) electrons. The molecule has 1 aromatic rings. The van der Waals surface area contributed by atoms with Crippen molar-refractivity contribution >= 4 is 0 Å². The number of benzene rings is 1. The Kier molecular flexibility index (Phi) is 3.64. The van der Waals surface area contributed by atoms with Crippen LogP contribution in [0.3, 0.4) is 0 Å². The van der Waals surface area contributed by atoms with Crippen molar-refractivity contribution in [3.8, 4) is 5.75 Å². The Morgan fingerprint density at radius 2 is 2.24 bits per heavy atom. The van der Waals surface area contributed by atoms with Gasteiger partial charge < -0.3 is 15.6 Å². The zero-order chi connectivity index (χ0) is 12.3. The van der Waals surface area contributed by atoms with Gasteiger partial charge in [0.05, 0.1) is 6.61 Å². The summed E-state index contributed by atoms with van der Waals surface area (Å²) in [4.78, 5) is 0. The van der Waals surface area contributed by atoms with Crippen LogP contribution in [-0.2, 0) is 0 Å². The minimum absolute atomic E-state index is 0.0515. The van der Waals surface area contributed by atoms with Crippen molar-refractivity contribution in [2.24, 2.45) is 5.73 Å². The van der Waals surface area contributed by atoms with Gasteiger partial charge in [0.1, 0.15) is 6.10 Å². The van der Waals surface area contributed by atoms with Crippen LogP contribution in [0.4, 0.5) is 4.39 Å². The van der Waals surface area contributed by atoms with Gasteiger partial charge in [-0.2, -0.15) is 0 Å². The zero-order valence-corrected chi connectivity index (χ0v) is 9.73. The number of hydrogen-bond acceptors (Lipinski definition) is 3. The predicted octanol–water partition coefficient (Wildman–Crippen LogP) is 1.84. The second-order valence-electron chi connectivity index (χ2n) is 4.79. The fourth-order valence-corrected chi connectivity index (χ4v) is 2.30. The highest BCUT2D eigenvalue weighted by Crippen LogP contribution is 2.29. The summed E-state index contributed by atoms with van der Waals surface area (Å²) in [6.45, 7) is -0.0515. The zero-order valence-electron chi connectivity index (χ0n) is 9.73. The maximum Gasteiger partial charge on any atom is 0.165 e. The van der Waals surface area contributed by atoms with Crippen molar-refractivity contribution in [1.82, 2.24) is 0 Å². The number of aliphatic hydroxyl groups is 1. The van der Waals surface area contributed by atoms with E-state index in [0.29, 0.717) is 6.42 Å². The first kappa shape index (κ1) is 12.3. The van der Waals surface area contributed by atoms with E-state index in [1.165, 1.54) is 6.07 Å². The Morgan fingerprint density at radius 3 is 2.94 bits per heavy atom. The minimum Gasteiger partial charge on any atom is -0.487 e. The average Bonchev–Trinajstić information content (AvgIpc) is 2.32. The molecular weight excluding hydrogens is 221 g/mol. The van der Waals surface area contributed by atoms with E-state index in [1.807, 2.05) is 0 Å². The molecule has 1 aliphatic carbocycles. The Balaban J connectivity index is 2.02. The number of hydrogen-bond donors (Lipinski definition) is 2. The molecule has 4 heteroatoms. The normalized spacial score (nSPS) is 29.0. The summed E-state index contributed by atoms with van der Waals surface area (Å²) in [7, 11) is 0. The molecule has 0 saturated heterocycles. The first-order valence-corrected chi connectivity index (χ1v) is 5.94. The van der Waals surface area contributed by atoms with E-state index in [2.05, 4.69) is 0 Å². The van der Waals surface area contributed by atoms with Crippen LogP contribution >= 0.6 is 0 Å². The lowest BCUT2D eigenvalue weighted by molar-refractivity contribution is 0.0705. The van der Waals surface area contributed by atoms with Crippen LogP contribution in [0, 0.1) is 5.82 Å². The van der Waals surface area contributed by atoms with Gasteiger partial charge in [-0.3, -0.25) is 0 Å². The fourth-order valence-electron chi connectivity index (χ4n) is 2.30. The predicted molar refractivity (Wildman–Crippen MR) is 63.3 cm³/mol. The quantitative estimate of drug-likeness (QED) is 0.846. The largest absolute Gasteiger partial charge is 0.487 e. The standard InChI is InChI=1S/C13H18FNO2/c14-11-5-1-2-6-12(11)17-10-4-3-7-13(15,8-10)9-16/h1-2,5-6,10,16H,3-4,7-9,15H2. The first-order chi connectivity index (χ1) is 8.13. The second-order valence-corrected chi connectivity index (χ2v) is 4.79. The molecule has 0 heterocycles. The van der Waals surface area contributed by atoms with Crippen molar-refractivity contribution < 1.29 is 14.2 Å². The van der Waals surface area contributed by atoms with E-state index in [0.717, 1.165) is 19.3 Å². The molecule has 0 amide bonds. The van der Waals surface area contributed by atoms with Crippen molar-refractivity contribution in [3.05, 3.63) is 30.1 Å². The molecule has 17 heavy (non-hydrogen) atoms. The lowest BCUT2D eigenvalue weighted by Gasteiger charge is -2.36.